The van der Waals surface area contributed by atoms with E-state index in [2.05, 4.69) is 20.2 Å². The summed E-state index contributed by atoms with van der Waals surface area (Å²) in [5, 5.41) is 16.7. The van der Waals surface area contributed by atoms with Gasteiger partial charge in [-0.05, 0) is 56.6 Å². The van der Waals surface area contributed by atoms with Crippen molar-refractivity contribution in [2.75, 3.05) is 25.4 Å². The molecule has 0 aliphatic carbocycles. The fourth-order valence-electron chi connectivity index (χ4n) is 3.23. The van der Waals surface area contributed by atoms with Gasteiger partial charge in [-0.25, -0.2) is 8.42 Å². The van der Waals surface area contributed by atoms with Crippen molar-refractivity contribution in [1.29, 1.82) is 0 Å². The lowest BCUT2D eigenvalue weighted by molar-refractivity contribution is -0.139. The maximum absolute atomic E-state index is 12.0. The van der Waals surface area contributed by atoms with E-state index < -0.39 is 22.0 Å². The van der Waals surface area contributed by atoms with Gasteiger partial charge in [0.05, 0.1) is 5.75 Å². The van der Waals surface area contributed by atoms with Crippen LogP contribution in [0, 0.1) is 0 Å². The van der Waals surface area contributed by atoms with E-state index in [0.717, 1.165) is 31.5 Å². The number of ether oxygens (including phenoxy) is 1. The Hall–Kier alpha value is -2.50. The molecule has 10 nitrogen and oxygen atoms in total. The van der Waals surface area contributed by atoms with E-state index in [9.17, 15) is 18.3 Å². The molecule has 3 rings (SSSR count). The molecule has 1 aliphatic heterocycles. The Kier molecular flexibility index (Phi) is 7.99. The highest BCUT2D eigenvalue weighted by molar-refractivity contribution is 7.89. The fourth-order valence-corrected chi connectivity index (χ4v) is 4.62. The van der Waals surface area contributed by atoms with Crippen LogP contribution in [0.4, 0.5) is 0 Å². The minimum absolute atomic E-state index is 0.119. The van der Waals surface area contributed by atoms with Crippen molar-refractivity contribution >= 4 is 16.0 Å². The van der Waals surface area contributed by atoms with Gasteiger partial charge in [-0.1, -0.05) is 18.5 Å². The minimum atomic E-state index is -3.68. The Morgan fingerprint density at radius 2 is 2.03 bits per heavy atom. The summed E-state index contributed by atoms with van der Waals surface area (Å²) in [5.74, 6) is 0.369. The van der Waals surface area contributed by atoms with Gasteiger partial charge in [0.1, 0.15) is 12.4 Å². The smallest absolute Gasteiger partial charge is 0.325 e. The van der Waals surface area contributed by atoms with E-state index in [4.69, 9.17) is 9.26 Å². The molecule has 0 bridgehead atoms. The molecular formula is C20H28N4O6S. The number of carboxylic acids is 1. The van der Waals surface area contributed by atoms with E-state index >= 15 is 0 Å². The summed E-state index contributed by atoms with van der Waals surface area (Å²) in [4.78, 5) is 15.9. The summed E-state index contributed by atoms with van der Waals surface area (Å²) in [7, 11) is -3.68. The Labute approximate surface area is 181 Å². The van der Waals surface area contributed by atoms with E-state index in [0.29, 0.717) is 30.3 Å². The van der Waals surface area contributed by atoms with E-state index in [1.165, 1.54) is 0 Å². The predicted molar refractivity (Wildman–Crippen MR) is 113 cm³/mol. The molecule has 170 valence electrons. The molecule has 0 spiro atoms. The summed E-state index contributed by atoms with van der Waals surface area (Å²) in [6.07, 6.45) is 3.07. The van der Waals surface area contributed by atoms with Crippen LogP contribution in [0.2, 0.25) is 0 Å². The monoisotopic (exact) mass is 452 g/mol. The summed E-state index contributed by atoms with van der Waals surface area (Å²) in [5.41, 5.74) is 0.742. The zero-order valence-corrected chi connectivity index (χ0v) is 18.2. The molecule has 1 aromatic heterocycles. The first-order valence-corrected chi connectivity index (χ1v) is 12.0. The van der Waals surface area contributed by atoms with E-state index in [1.54, 1.807) is 24.3 Å². The lowest BCUT2D eigenvalue weighted by atomic mass is 9.98. The van der Waals surface area contributed by atoms with Crippen molar-refractivity contribution < 1.29 is 27.6 Å². The highest BCUT2D eigenvalue weighted by Gasteiger charge is 2.25. The third-order valence-electron chi connectivity index (χ3n) is 5.05. The average Bonchev–Trinajstić information content (AvgIpc) is 3.26. The number of aliphatic carboxylic acids is 1. The number of rotatable bonds is 11. The van der Waals surface area contributed by atoms with Crippen LogP contribution in [0.3, 0.4) is 0 Å². The van der Waals surface area contributed by atoms with E-state index in [1.807, 2.05) is 6.92 Å². The van der Waals surface area contributed by atoms with Crippen LogP contribution in [0.1, 0.15) is 44.4 Å². The molecule has 11 heteroatoms. The zero-order valence-electron chi connectivity index (χ0n) is 17.4. The number of unbranched alkanes of at least 4 members (excludes halogenated alkanes) is 1. The standard InChI is InChI=1S/C20H28N4O6S/c1-2-3-12-31(27,28)24-17(20(25)26)13-29-16-6-4-14(5-7-16)18-22-19(30-23-18)15-8-10-21-11-9-15/h4-7,15,17,21,24H,2-3,8-13H2,1H3,(H,25,26)/t17-/m0/s1. The first kappa shape index (κ1) is 23.2. The number of nitrogens with zero attached hydrogens (tertiary/aromatic N) is 2. The molecule has 3 N–H and O–H groups in total. The lowest BCUT2D eigenvalue weighted by Crippen LogP contribution is -2.45. The highest BCUT2D eigenvalue weighted by atomic mass is 32.2. The zero-order chi connectivity index (χ0) is 22.3. The molecule has 1 saturated heterocycles. The highest BCUT2D eigenvalue weighted by Crippen LogP contribution is 2.26. The molecule has 1 fully saturated rings. The molecule has 1 aromatic carbocycles. The Balaban J connectivity index is 1.58. The van der Waals surface area contributed by atoms with Crippen LogP contribution < -0.4 is 14.8 Å². The Bertz CT molecular complexity index is 954. The molecule has 31 heavy (non-hydrogen) atoms. The molecule has 1 atom stereocenters. The second-order valence-corrected chi connectivity index (χ2v) is 9.37. The molecule has 2 aromatic rings. The van der Waals surface area contributed by atoms with Crippen LogP contribution >= 0.6 is 0 Å². The normalized spacial score (nSPS) is 16.2. The summed E-state index contributed by atoms with van der Waals surface area (Å²) < 4.78 is 37.0. The third kappa shape index (κ3) is 6.74. The van der Waals surface area contributed by atoms with Crippen molar-refractivity contribution in [2.45, 2.75) is 44.6 Å². The first-order chi connectivity index (χ1) is 14.9. The lowest BCUT2D eigenvalue weighted by Gasteiger charge is -2.18. The number of aromatic nitrogens is 2. The number of sulfonamides is 1. The van der Waals surface area contributed by atoms with Gasteiger partial charge in [0, 0.05) is 11.5 Å². The fraction of sp³-hybridized carbons (Fsp3) is 0.550. The van der Waals surface area contributed by atoms with Gasteiger partial charge >= 0.3 is 5.97 Å². The quantitative estimate of drug-likeness (QED) is 0.464. The van der Waals surface area contributed by atoms with Gasteiger partial charge in [0.2, 0.25) is 21.7 Å². The number of hydrogen-bond donors (Lipinski definition) is 3. The number of hydrogen-bond acceptors (Lipinski definition) is 8. The molecule has 0 unspecified atom stereocenters. The van der Waals surface area contributed by atoms with Crippen molar-refractivity contribution in [2.24, 2.45) is 0 Å². The molecule has 2 heterocycles. The van der Waals surface area contributed by atoms with Crippen LogP contribution in [0.15, 0.2) is 28.8 Å². The maximum Gasteiger partial charge on any atom is 0.325 e. The van der Waals surface area contributed by atoms with Gasteiger partial charge in [-0.15, -0.1) is 0 Å². The third-order valence-corrected chi connectivity index (χ3v) is 6.52. The van der Waals surface area contributed by atoms with Crippen molar-refractivity contribution in [3.8, 4) is 17.1 Å². The van der Waals surface area contributed by atoms with Gasteiger partial charge in [0.25, 0.3) is 0 Å². The predicted octanol–water partition coefficient (Wildman–Crippen LogP) is 1.76. The topological polar surface area (TPSA) is 144 Å². The van der Waals surface area contributed by atoms with Gasteiger partial charge in [-0.2, -0.15) is 9.71 Å². The SMILES string of the molecule is CCCCS(=O)(=O)N[C@@H](COc1ccc(-c2noc(C3CCNCC3)n2)cc1)C(=O)O. The Morgan fingerprint density at radius 3 is 2.68 bits per heavy atom. The maximum atomic E-state index is 12.0. The number of benzene rings is 1. The van der Waals surface area contributed by atoms with Gasteiger partial charge < -0.3 is 19.7 Å². The average molecular weight is 453 g/mol. The summed E-state index contributed by atoms with van der Waals surface area (Å²) in [6, 6.07) is 5.42. The van der Waals surface area contributed by atoms with Crippen molar-refractivity contribution in [3.05, 3.63) is 30.2 Å². The van der Waals surface area contributed by atoms with Crippen molar-refractivity contribution in [1.82, 2.24) is 20.2 Å². The van der Waals surface area contributed by atoms with Crippen LogP contribution in [0.5, 0.6) is 5.75 Å². The molecule has 0 saturated carbocycles. The van der Waals surface area contributed by atoms with Crippen LogP contribution in [-0.4, -0.2) is 61.1 Å². The number of nitrogens with one attached hydrogen (secondary N) is 2. The summed E-state index contributed by atoms with van der Waals surface area (Å²) >= 11 is 0. The molecule has 0 amide bonds. The largest absolute Gasteiger partial charge is 0.491 e. The van der Waals surface area contributed by atoms with Crippen LogP contribution in [-0.2, 0) is 14.8 Å². The second-order valence-electron chi connectivity index (χ2n) is 7.50. The minimum Gasteiger partial charge on any atom is -0.491 e. The summed E-state index contributed by atoms with van der Waals surface area (Å²) in [6.45, 7) is 3.39. The number of carboxylic acid groups (broad SMARTS) is 1. The van der Waals surface area contributed by atoms with E-state index in [-0.39, 0.29) is 18.3 Å². The first-order valence-electron chi connectivity index (χ1n) is 10.4. The Morgan fingerprint density at radius 1 is 1.32 bits per heavy atom. The number of piperidine rings is 1. The van der Waals surface area contributed by atoms with Crippen LogP contribution in [0.25, 0.3) is 11.4 Å². The number of carbonyl (C=O) groups is 1. The van der Waals surface area contributed by atoms with Gasteiger partial charge in [0.15, 0.2) is 6.04 Å². The van der Waals surface area contributed by atoms with Crippen molar-refractivity contribution in [3.63, 3.8) is 0 Å². The molecule has 1 aliphatic rings. The molecule has 0 radical (unpaired) electrons. The molecular weight excluding hydrogens is 424 g/mol. The van der Waals surface area contributed by atoms with Gasteiger partial charge in [-0.3, -0.25) is 4.79 Å². The second kappa shape index (κ2) is 10.7.